The molecule has 0 amide bonds. The van der Waals surface area contributed by atoms with Gasteiger partial charge in [0.15, 0.2) is 5.78 Å². The second kappa shape index (κ2) is 5.55. The Morgan fingerprint density at radius 1 is 1.11 bits per heavy atom. The predicted molar refractivity (Wildman–Crippen MR) is 73.1 cm³/mol. The molecule has 0 aliphatic rings. The highest BCUT2D eigenvalue weighted by molar-refractivity contribution is 7.98. The zero-order chi connectivity index (χ0) is 13.1. The van der Waals surface area contributed by atoms with E-state index < -0.39 is 5.82 Å². The molecule has 2 rings (SSSR count). The lowest BCUT2D eigenvalue weighted by molar-refractivity contribution is 0.103. The zero-order valence-electron chi connectivity index (χ0n) is 9.61. The lowest BCUT2D eigenvalue weighted by Gasteiger charge is -2.03. The first kappa shape index (κ1) is 13.1. The van der Waals surface area contributed by atoms with Gasteiger partial charge in [-0.3, -0.25) is 4.79 Å². The maximum Gasteiger partial charge on any atom is 0.193 e. The Morgan fingerprint density at radius 2 is 1.72 bits per heavy atom. The van der Waals surface area contributed by atoms with Crippen molar-refractivity contribution >= 4 is 29.1 Å². The minimum atomic E-state index is -0.580. The number of ketones is 1. The van der Waals surface area contributed by atoms with E-state index in [0.29, 0.717) is 11.1 Å². The lowest BCUT2D eigenvalue weighted by Crippen LogP contribution is -2.01. The minimum absolute atomic E-state index is 0.0179. The molecule has 0 aliphatic heterocycles. The first-order chi connectivity index (χ1) is 8.61. The maximum absolute atomic E-state index is 13.3. The average Bonchev–Trinajstić information content (AvgIpc) is 2.41. The normalized spacial score (nSPS) is 10.4. The Kier molecular flexibility index (Phi) is 4.04. The van der Waals surface area contributed by atoms with Crippen LogP contribution in [-0.2, 0) is 0 Å². The lowest BCUT2D eigenvalue weighted by atomic mass is 10.0. The number of halogens is 2. The van der Waals surface area contributed by atoms with Crippen molar-refractivity contribution in [1.82, 2.24) is 0 Å². The second-order valence-corrected chi connectivity index (χ2v) is 4.97. The molecule has 0 N–H and O–H groups in total. The summed E-state index contributed by atoms with van der Waals surface area (Å²) in [7, 11) is 0. The number of thioether (sulfide) groups is 1. The Hall–Kier alpha value is -1.32. The molecule has 0 aliphatic carbocycles. The standard InChI is InChI=1S/C14H10ClFOS/c1-18-11-5-2-9(3-6-11)14(17)10-4-7-12(15)13(16)8-10/h2-8H,1H3. The summed E-state index contributed by atoms with van der Waals surface area (Å²) in [6, 6.07) is 11.3. The first-order valence-electron chi connectivity index (χ1n) is 5.25. The SMILES string of the molecule is CSc1ccc(C(=O)c2ccc(Cl)c(F)c2)cc1. The number of rotatable bonds is 3. The summed E-state index contributed by atoms with van der Waals surface area (Å²) in [5.41, 5.74) is 0.836. The molecule has 0 saturated carbocycles. The summed E-state index contributed by atoms with van der Waals surface area (Å²) in [4.78, 5) is 13.2. The van der Waals surface area contributed by atoms with Crippen LogP contribution >= 0.6 is 23.4 Å². The number of hydrogen-bond donors (Lipinski definition) is 0. The van der Waals surface area contributed by atoms with E-state index in [4.69, 9.17) is 11.6 Å². The van der Waals surface area contributed by atoms with Crippen molar-refractivity contribution in [1.29, 1.82) is 0 Å². The number of hydrogen-bond acceptors (Lipinski definition) is 2. The van der Waals surface area contributed by atoms with Gasteiger partial charge in [0.05, 0.1) is 5.02 Å². The topological polar surface area (TPSA) is 17.1 Å². The van der Waals surface area contributed by atoms with Gasteiger partial charge < -0.3 is 0 Å². The molecule has 0 aromatic heterocycles. The third-order valence-corrected chi connectivity index (χ3v) is 3.58. The Bertz CT molecular complexity index is 581. The highest BCUT2D eigenvalue weighted by Gasteiger charge is 2.11. The molecule has 0 unspecified atom stereocenters. The summed E-state index contributed by atoms with van der Waals surface area (Å²) in [6.45, 7) is 0. The van der Waals surface area contributed by atoms with Crippen molar-refractivity contribution in [3.8, 4) is 0 Å². The van der Waals surface area contributed by atoms with Crippen LogP contribution in [0.1, 0.15) is 15.9 Å². The van der Waals surface area contributed by atoms with Crippen LogP contribution in [0.3, 0.4) is 0 Å². The molecule has 2 aromatic carbocycles. The number of carbonyl (C=O) groups excluding carboxylic acids is 1. The molecular formula is C14H10ClFOS. The molecule has 18 heavy (non-hydrogen) atoms. The van der Waals surface area contributed by atoms with Crippen LogP contribution in [0.25, 0.3) is 0 Å². The van der Waals surface area contributed by atoms with Gasteiger partial charge in [0, 0.05) is 16.0 Å². The van der Waals surface area contributed by atoms with Crippen molar-refractivity contribution in [2.75, 3.05) is 6.26 Å². The van der Waals surface area contributed by atoms with E-state index in [-0.39, 0.29) is 10.8 Å². The molecule has 92 valence electrons. The van der Waals surface area contributed by atoms with Crippen molar-refractivity contribution in [2.45, 2.75) is 4.90 Å². The van der Waals surface area contributed by atoms with Crippen LogP contribution in [0.15, 0.2) is 47.4 Å². The van der Waals surface area contributed by atoms with Gasteiger partial charge in [-0.05, 0) is 48.7 Å². The molecule has 0 bridgehead atoms. The molecule has 0 fully saturated rings. The van der Waals surface area contributed by atoms with Crippen molar-refractivity contribution in [3.05, 3.63) is 64.4 Å². The summed E-state index contributed by atoms with van der Waals surface area (Å²) in [6.07, 6.45) is 1.96. The van der Waals surface area contributed by atoms with Crippen LogP contribution in [0, 0.1) is 5.82 Å². The van der Waals surface area contributed by atoms with Crippen LogP contribution < -0.4 is 0 Å². The number of carbonyl (C=O) groups is 1. The van der Waals surface area contributed by atoms with E-state index in [1.165, 1.54) is 12.1 Å². The quantitative estimate of drug-likeness (QED) is 0.611. The van der Waals surface area contributed by atoms with E-state index in [1.54, 1.807) is 23.9 Å². The molecule has 1 nitrogen and oxygen atoms in total. The van der Waals surface area contributed by atoms with Gasteiger partial charge in [-0.25, -0.2) is 4.39 Å². The van der Waals surface area contributed by atoms with Crippen LogP contribution in [0.2, 0.25) is 5.02 Å². The van der Waals surface area contributed by atoms with Gasteiger partial charge in [-0.15, -0.1) is 11.8 Å². The van der Waals surface area contributed by atoms with Crippen molar-refractivity contribution in [2.24, 2.45) is 0 Å². The molecular weight excluding hydrogens is 271 g/mol. The third-order valence-electron chi connectivity index (χ3n) is 2.53. The van der Waals surface area contributed by atoms with Crippen molar-refractivity contribution in [3.63, 3.8) is 0 Å². The van der Waals surface area contributed by atoms with E-state index >= 15 is 0 Å². The highest BCUT2D eigenvalue weighted by Crippen LogP contribution is 2.20. The molecule has 0 heterocycles. The smallest absolute Gasteiger partial charge is 0.193 e. The second-order valence-electron chi connectivity index (χ2n) is 3.69. The molecule has 0 atom stereocenters. The van der Waals surface area contributed by atoms with Gasteiger partial charge in [0.1, 0.15) is 5.82 Å². The fourth-order valence-electron chi connectivity index (χ4n) is 1.55. The predicted octanol–water partition coefficient (Wildman–Crippen LogP) is 4.43. The largest absolute Gasteiger partial charge is 0.289 e. The minimum Gasteiger partial charge on any atom is -0.289 e. The van der Waals surface area contributed by atoms with Crippen LogP contribution in [-0.4, -0.2) is 12.0 Å². The highest BCUT2D eigenvalue weighted by atomic mass is 35.5. The van der Waals surface area contributed by atoms with Crippen LogP contribution in [0.5, 0.6) is 0 Å². The fraction of sp³-hybridized carbons (Fsp3) is 0.0714. The molecule has 2 aromatic rings. The fourth-order valence-corrected chi connectivity index (χ4v) is 2.07. The summed E-state index contributed by atoms with van der Waals surface area (Å²) >= 11 is 7.18. The third kappa shape index (κ3) is 2.74. The maximum atomic E-state index is 13.3. The zero-order valence-corrected chi connectivity index (χ0v) is 11.2. The summed E-state index contributed by atoms with van der Waals surface area (Å²) < 4.78 is 13.3. The van der Waals surface area contributed by atoms with Gasteiger partial charge >= 0.3 is 0 Å². The monoisotopic (exact) mass is 280 g/mol. The number of benzene rings is 2. The molecule has 4 heteroatoms. The summed E-state index contributed by atoms with van der Waals surface area (Å²) in [5.74, 6) is -0.790. The average molecular weight is 281 g/mol. The van der Waals surface area contributed by atoms with E-state index in [9.17, 15) is 9.18 Å². The molecule has 0 radical (unpaired) electrons. The van der Waals surface area contributed by atoms with E-state index in [2.05, 4.69) is 0 Å². The van der Waals surface area contributed by atoms with Gasteiger partial charge in [-0.1, -0.05) is 11.6 Å². The Labute approximate surface area is 114 Å². The Balaban J connectivity index is 2.32. The summed E-state index contributed by atoms with van der Waals surface area (Å²) in [5, 5.41) is 0.0179. The van der Waals surface area contributed by atoms with E-state index in [1.807, 2.05) is 18.4 Å². The van der Waals surface area contributed by atoms with Crippen LogP contribution in [0.4, 0.5) is 4.39 Å². The van der Waals surface area contributed by atoms with Crippen molar-refractivity contribution < 1.29 is 9.18 Å². The first-order valence-corrected chi connectivity index (χ1v) is 6.86. The van der Waals surface area contributed by atoms with E-state index in [0.717, 1.165) is 11.0 Å². The molecule has 0 saturated heterocycles. The van der Waals surface area contributed by atoms with Gasteiger partial charge in [0.2, 0.25) is 0 Å². The Morgan fingerprint density at radius 3 is 2.28 bits per heavy atom. The van der Waals surface area contributed by atoms with Gasteiger partial charge in [-0.2, -0.15) is 0 Å². The molecule has 0 spiro atoms. The van der Waals surface area contributed by atoms with Gasteiger partial charge in [0.25, 0.3) is 0 Å².